The van der Waals surface area contributed by atoms with Gasteiger partial charge >= 0.3 is 6.18 Å². The summed E-state index contributed by atoms with van der Waals surface area (Å²) in [4.78, 5) is 26.7. The number of likely N-dealkylation sites (N-methyl/N-ethyl adjacent to an activating group) is 1. The Balaban J connectivity index is 2.19. The van der Waals surface area contributed by atoms with E-state index in [1.165, 1.54) is 25.1 Å². The molecule has 0 fully saturated rings. The van der Waals surface area contributed by atoms with Gasteiger partial charge in [0.25, 0.3) is 0 Å². The fourth-order valence-corrected chi connectivity index (χ4v) is 4.52. The first-order chi connectivity index (χ1) is 16.8. The van der Waals surface area contributed by atoms with Crippen LogP contribution < -0.4 is 14.4 Å². The van der Waals surface area contributed by atoms with Crippen LogP contribution in [0.5, 0.6) is 5.75 Å². The first-order valence-electron chi connectivity index (χ1n) is 11.1. The molecular formula is C24H30F3N3O5S. The third kappa shape index (κ3) is 7.87. The van der Waals surface area contributed by atoms with Gasteiger partial charge in [0, 0.05) is 26.6 Å². The highest BCUT2D eigenvalue weighted by molar-refractivity contribution is 7.92. The highest BCUT2D eigenvalue weighted by Gasteiger charge is 2.32. The maximum absolute atomic E-state index is 13.1. The van der Waals surface area contributed by atoms with Gasteiger partial charge in [-0.25, -0.2) is 8.42 Å². The van der Waals surface area contributed by atoms with Crippen LogP contribution in [0.1, 0.15) is 30.9 Å². The minimum atomic E-state index is -4.63. The average molecular weight is 530 g/mol. The number of carbonyl (C=O) groups is 2. The second-order valence-corrected chi connectivity index (χ2v) is 10.1. The third-order valence-electron chi connectivity index (χ3n) is 5.54. The van der Waals surface area contributed by atoms with Crippen LogP contribution in [0.2, 0.25) is 0 Å². The van der Waals surface area contributed by atoms with E-state index in [1.54, 1.807) is 31.2 Å². The maximum Gasteiger partial charge on any atom is 0.416 e. The summed E-state index contributed by atoms with van der Waals surface area (Å²) in [6, 6.07) is 10.2. The smallest absolute Gasteiger partial charge is 0.416 e. The molecule has 198 valence electrons. The van der Waals surface area contributed by atoms with Crippen molar-refractivity contribution in [3.63, 3.8) is 0 Å². The van der Waals surface area contributed by atoms with Gasteiger partial charge in [0.15, 0.2) is 0 Å². The standard InChI is InChI=1S/C24H30F3N3O5S/c1-17(23(32)28-2)29(16-18-10-12-21(35-3)13-11-18)22(31)9-6-14-30(36(4,33)34)20-8-5-7-19(15-20)24(25,26)27/h5,7-8,10-13,15,17H,6,9,14,16H2,1-4H3,(H,28,32)/t17-/m0/s1. The fraction of sp³-hybridized carbons (Fsp3) is 0.417. The van der Waals surface area contributed by atoms with Gasteiger partial charge in [-0.05, 0) is 49.2 Å². The van der Waals surface area contributed by atoms with E-state index in [4.69, 9.17) is 4.74 Å². The molecule has 0 unspecified atom stereocenters. The molecule has 0 heterocycles. The number of alkyl halides is 3. The molecule has 0 spiro atoms. The number of nitrogens with one attached hydrogen (secondary N) is 1. The molecule has 12 heteroatoms. The molecule has 0 aromatic heterocycles. The van der Waals surface area contributed by atoms with Gasteiger partial charge in [-0.15, -0.1) is 0 Å². The molecule has 2 rings (SSSR count). The number of methoxy groups -OCH3 is 1. The first kappa shape index (κ1) is 29.0. The van der Waals surface area contributed by atoms with Crippen LogP contribution in [-0.2, 0) is 32.3 Å². The zero-order valence-electron chi connectivity index (χ0n) is 20.5. The molecule has 1 atom stereocenters. The van der Waals surface area contributed by atoms with E-state index < -0.39 is 33.7 Å². The summed E-state index contributed by atoms with van der Waals surface area (Å²) in [6.45, 7) is 1.49. The number of rotatable bonds is 11. The van der Waals surface area contributed by atoms with Crippen molar-refractivity contribution in [3.8, 4) is 5.75 Å². The Morgan fingerprint density at radius 1 is 1.11 bits per heavy atom. The number of anilines is 1. The molecule has 0 aliphatic heterocycles. The predicted molar refractivity (Wildman–Crippen MR) is 130 cm³/mol. The lowest BCUT2D eigenvalue weighted by molar-refractivity contribution is -0.140. The Bertz CT molecular complexity index is 1150. The summed E-state index contributed by atoms with van der Waals surface area (Å²) in [6.07, 6.45) is -3.84. The second-order valence-electron chi connectivity index (χ2n) is 8.15. The van der Waals surface area contributed by atoms with Gasteiger partial charge in [-0.3, -0.25) is 13.9 Å². The molecule has 0 bridgehead atoms. The number of benzene rings is 2. The first-order valence-corrected chi connectivity index (χ1v) is 12.9. The molecule has 36 heavy (non-hydrogen) atoms. The van der Waals surface area contributed by atoms with Crippen LogP contribution in [0.25, 0.3) is 0 Å². The Morgan fingerprint density at radius 2 is 1.75 bits per heavy atom. The molecule has 2 aromatic rings. The largest absolute Gasteiger partial charge is 0.497 e. The monoisotopic (exact) mass is 529 g/mol. The van der Waals surface area contributed by atoms with Crippen LogP contribution in [0.3, 0.4) is 0 Å². The Labute approximate surface area is 209 Å². The van der Waals surface area contributed by atoms with Crippen LogP contribution >= 0.6 is 0 Å². The highest BCUT2D eigenvalue weighted by Crippen LogP contribution is 2.32. The highest BCUT2D eigenvalue weighted by atomic mass is 32.2. The number of ether oxygens (including phenoxy) is 1. The quantitative estimate of drug-likeness (QED) is 0.481. The minimum Gasteiger partial charge on any atom is -0.497 e. The lowest BCUT2D eigenvalue weighted by Crippen LogP contribution is -2.46. The van der Waals surface area contributed by atoms with E-state index in [-0.39, 0.29) is 37.5 Å². The van der Waals surface area contributed by atoms with Gasteiger partial charge in [-0.2, -0.15) is 13.2 Å². The Hall–Kier alpha value is -3.28. The molecule has 1 N–H and O–H groups in total. The molecule has 8 nitrogen and oxygen atoms in total. The van der Waals surface area contributed by atoms with Crippen LogP contribution in [0.15, 0.2) is 48.5 Å². The van der Waals surface area contributed by atoms with Crippen molar-refractivity contribution in [2.24, 2.45) is 0 Å². The number of sulfonamides is 1. The summed E-state index contributed by atoms with van der Waals surface area (Å²) >= 11 is 0. The SMILES string of the molecule is CNC(=O)[C@H](C)N(Cc1ccc(OC)cc1)C(=O)CCCN(c1cccc(C(F)(F)F)c1)S(C)(=O)=O. The van der Waals surface area contributed by atoms with Gasteiger partial charge < -0.3 is 15.0 Å². The lowest BCUT2D eigenvalue weighted by Gasteiger charge is -2.29. The summed E-state index contributed by atoms with van der Waals surface area (Å²) in [5.74, 6) is -0.149. The third-order valence-corrected chi connectivity index (χ3v) is 6.73. The van der Waals surface area contributed by atoms with Crippen molar-refractivity contribution in [2.75, 3.05) is 31.3 Å². The van der Waals surface area contributed by atoms with Gasteiger partial charge in [-0.1, -0.05) is 18.2 Å². The minimum absolute atomic E-state index is 0.0295. The van der Waals surface area contributed by atoms with Crippen molar-refractivity contribution in [3.05, 3.63) is 59.7 Å². The van der Waals surface area contributed by atoms with Gasteiger partial charge in [0.05, 0.1) is 24.6 Å². The fourth-order valence-electron chi connectivity index (χ4n) is 3.56. The topological polar surface area (TPSA) is 96.0 Å². The number of hydrogen-bond acceptors (Lipinski definition) is 5. The second kappa shape index (κ2) is 12.1. The summed E-state index contributed by atoms with van der Waals surface area (Å²) < 4.78 is 69.9. The lowest BCUT2D eigenvalue weighted by atomic mass is 10.1. The predicted octanol–water partition coefficient (Wildman–Crippen LogP) is 3.42. The number of nitrogens with zero attached hydrogens (tertiary/aromatic N) is 2. The number of hydrogen-bond donors (Lipinski definition) is 1. The molecule has 0 saturated carbocycles. The zero-order valence-corrected chi connectivity index (χ0v) is 21.3. The Morgan fingerprint density at radius 3 is 2.28 bits per heavy atom. The molecule has 0 saturated heterocycles. The van der Waals surface area contributed by atoms with Crippen molar-refractivity contribution in [2.45, 2.75) is 38.5 Å². The molecule has 0 radical (unpaired) electrons. The van der Waals surface area contributed by atoms with Crippen LogP contribution in [0.4, 0.5) is 18.9 Å². The summed E-state index contributed by atoms with van der Waals surface area (Å²) in [5.41, 5.74) is -0.370. The molecule has 2 aromatic carbocycles. The maximum atomic E-state index is 13.1. The van der Waals surface area contributed by atoms with E-state index in [9.17, 15) is 31.2 Å². The van der Waals surface area contributed by atoms with E-state index in [1.807, 2.05) is 0 Å². The van der Waals surface area contributed by atoms with Crippen LogP contribution in [-0.4, -0.2) is 58.1 Å². The van der Waals surface area contributed by atoms with E-state index in [0.29, 0.717) is 5.75 Å². The molecule has 0 aliphatic carbocycles. The molecule has 0 aliphatic rings. The Kier molecular flexibility index (Phi) is 9.74. The number of amides is 2. The summed E-state index contributed by atoms with van der Waals surface area (Å²) in [7, 11) is -0.944. The van der Waals surface area contributed by atoms with E-state index in [0.717, 1.165) is 34.3 Å². The molecule has 2 amide bonds. The van der Waals surface area contributed by atoms with Gasteiger partial charge in [0.2, 0.25) is 21.8 Å². The van der Waals surface area contributed by atoms with Crippen molar-refractivity contribution in [1.82, 2.24) is 10.2 Å². The van der Waals surface area contributed by atoms with Crippen molar-refractivity contribution in [1.29, 1.82) is 0 Å². The van der Waals surface area contributed by atoms with E-state index in [2.05, 4.69) is 5.32 Å². The number of carbonyl (C=O) groups excluding carboxylic acids is 2. The normalized spacial score (nSPS) is 12.5. The van der Waals surface area contributed by atoms with Gasteiger partial charge in [0.1, 0.15) is 11.8 Å². The van der Waals surface area contributed by atoms with E-state index >= 15 is 0 Å². The average Bonchev–Trinajstić information content (AvgIpc) is 2.83. The zero-order chi connectivity index (χ0) is 27.1. The van der Waals surface area contributed by atoms with Crippen molar-refractivity contribution >= 4 is 27.5 Å². The number of halogens is 3. The van der Waals surface area contributed by atoms with Crippen LogP contribution in [0, 0.1) is 0 Å². The van der Waals surface area contributed by atoms with Crippen molar-refractivity contribution < 1.29 is 35.9 Å². The molecular weight excluding hydrogens is 499 g/mol. The summed E-state index contributed by atoms with van der Waals surface area (Å²) in [5, 5.41) is 2.50.